The molecule has 0 aliphatic heterocycles. The van der Waals surface area contributed by atoms with Crippen molar-refractivity contribution < 1.29 is 14.3 Å². The maximum absolute atomic E-state index is 12.4. The average molecular weight is 447 g/mol. The van der Waals surface area contributed by atoms with Crippen LogP contribution in [-0.2, 0) is 6.61 Å². The Balaban J connectivity index is 1.46. The lowest BCUT2D eigenvalue weighted by molar-refractivity contribution is 0.0995. The summed E-state index contributed by atoms with van der Waals surface area (Å²) in [4.78, 5) is 27.6. The number of benzene rings is 3. The van der Waals surface area contributed by atoms with Crippen molar-refractivity contribution in [3.05, 3.63) is 95.3 Å². The van der Waals surface area contributed by atoms with E-state index in [9.17, 15) is 9.59 Å². The van der Waals surface area contributed by atoms with E-state index in [1.165, 1.54) is 6.20 Å². The summed E-state index contributed by atoms with van der Waals surface area (Å²) in [7, 11) is 0. The first-order chi connectivity index (χ1) is 15.5. The van der Waals surface area contributed by atoms with E-state index in [1.54, 1.807) is 36.4 Å². The monoisotopic (exact) mass is 446 g/mol. The van der Waals surface area contributed by atoms with E-state index in [0.29, 0.717) is 22.1 Å². The zero-order valence-corrected chi connectivity index (χ0v) is 17.6. The molecule has 0 unspecified atom stereocenters. The van der Waals surface area contributed by atoms with Crippen LogP contribution < -0.4 is 21.1 Å². The topological polar surface area (TPSA) is 106 Å². The van der Waals surface area contributed by atoms with Crippen LogP contribution >= 0.6 is 11.6 Å². The molecule has 3 amide bonds. The van der Waals surface area contributed by atoms with E-state index in [1.807, 2.05) is 36.4 Å². The molecule has 0 radical (unpaired) electrons. The molecule has 8 heteroatoms. The summed E-state index contributed by atoms with van der Waals surface area (Å²) < 4.78 is 5.85. The summed E-state index contributed by atoms with van der Waals surface area (Å²) in [5, 5.41) is 8.01. The highest BCUT2D eigenvalue weighted by molar-refractivity contribution is 6.30. The molecule has 4 N–H and O–H groups in total. The number of primary amides is 1. The molecule has 4 aromatic rings. The first-order valence-electron chi connectivity index (χ1n) is 9.72. The van der Waals surface area contributed by atoms with Crippen molar-refractivity contribution in [3.63, 3.8) is 0 Å². The van der Waals surface area contributed by atoms with Crippen LogP contribution in [0.3, 0.4) is 0 Å². The summed E-state index contributed by atoms with van der Waals surface area (Å²) in [5.41, 5.74) is 7.55. The van der Waals surface area contributed by atoms with E-state index in [2.05, 4.69) is 15.6 Å². The summed E-state index contributed by atoms with van der Waals surface area (Å²) in [6.45, 7) is 0.260. The van der Waals surface area contributed by atoms with Gasteiger partial charge in [-0.25, -0.2) is 4.79 Å². The number of fused-ring (bicyclic) bond motifs is 1. The number of anilines is 2. The van der Waals surface area contributed by atoms with Gasteiger partial charge in [-0.15, -0.1) is 0 Å². The second kappa shape index (κ2) is 9.36. The molecule has 0 bridgehead atoms. The van der Waals surface area contributed by atoms with Crippen molar-refractivity contribution in [3.8, 4) is 5.75 Å². The third-order valence-electron chi connectivity index (χ3n) is 4.68. The Morgan fingerprint density at radius 1 is 0.969 bits per heavy atom. The Kier molecular flexibility index (Phi) is 6.19. The molecule has 4 rings (SSSR count). The van der Waals surface area contributed by atoms with Gasteiger partial charge < -0.3 is 21.1 Å². The molecule has 0 fully saturated rings. The van der Waals surface area contributed by atoms with E-state index < -0.39 is 5.91 Å². The van der Waals surface area contributed by atoms with Crippen molar-refractivity contribution in [1.29, 1.82) is 0 Å². The summed E-state index contributed by atoms with van der Waals surface area (Å²) >= 11 is 5.87. The molecule has 0 atom stereocenters. The lowest BCUT2D eigenvalue weighted by Gasteiger charge is -2.12. The number of nitrogens with two attached hydrogens (primary N) is 1. The first-order valence-corrected chi connectivity index (χ1v) is 10.1. The van der Waals surface area contributed by atoms with E-state index in [-0.39, 0.29) is 18.3 Å². The van der Waals surface area contributed by atoms with Crippen molar-refractivity contribution >= 4 is 45.7 Å². The van der Waals surface area contributed by atoms with Crippen molar-refractivity contribution in [2.75, 3.05) is 10.6 Å². The lowest BCUT2D eigenvalue weighted by atomic mass is 10.1. The van der Waals surface area contributed by atoms with Gasteiger partial charge in [-0.05, 0) is 71.6 Å². The van der Waals surface area contributed by atoms with Crippen LogP contribution in [0.2, 0.25) is 5.02 Å². The molecule has 0 saturated carbocycles. The fourth-order valence-corrected chi connectivity index (χ4v) is 3.27. The van der Waals surface area contributed by atoms with Gasteiger partial charge in [0.25, 0.3) is 5.91 Å². The number of hydrogen-bond acceptors (Lipinski definition) is 4. The fourth-order valence-electron chi connectivity index (χ4n) is 3.14. The molecular formula is C24H19ClN4O3. The lowest BCUT2D eigenvalue weighted by Crippen LogP contribution is -2.19. The molecule has 3 aromatic carbocycles. The van der Waals surface area contributed by atoms with Gasteiger partial charge in [-0.3, -0.25) is 9.78 Å². The number of rotatable bonds is 6. The molecule has 0 saturated heterocycles. The summed E-state index contributed by atoms with van der Waals surface area (Å²) in [5.74, 6) is 0.0652. The van der Waals surface area contributed by atoms with Crippen LogP contribution in [0.4, 0.5) is 16.2 Å². The van der Waals surface area contributed by atoms with Crippen molar-refractivity contribution in [1.82, 2.24) is 4.98 Å². The molecule has 0 aliphatic rings. The van der Waals surface area contributed by atoms with Gasteiger partial charge in [0.05, 0.1) is 5.69 Å². The number of nitrogens with zero attached hydrogens (tertiary/aromatic N) is 1. The Bertz CT molecular complexity index is 1290. The largest absolute Gasteiger partial charge is 0.489 e. The summed E-state index contributed by atoms with van der Waals surface area (Å²) in [6.07, 6.45) is 1.52. The maximum atomic E-state index is 12.4. The normalized spacial score (nSPS) is 10.5. The van der Waals surface area contributed by atoms with Crippen molar-refractivity contribution in [2.24, 2.45) is 5.73 Å². The zero-order valence-electron chi connectivity index (χ0n) is 16.8. The SMILES string of the molecule is NC(=O)c1cc(COc2ccc3c(NC(=O)Nc4ccc(Cl)cc4)cccc3c2)ccn1. The van der Waals surface area contributed by atoms with Gasteiger partial charge in [-0.2, -0.15) is 0 Å². The smallest absolute Gasteiger partial charge is 0.323 e. The molecule has 160 valence electrons. The van der Waals surface area contributed by atoms with Gasteiger partial charge in [0, 0.05) is 22.3 Å². The standard InChI is InChI=1S/C24H19ClN4O3/c25-17-4-6-18(7-5-17)28-24(31)29-21-3-1-2-16-13-19(8-9-20(16)21)32-14-15-10-11-27-22(12-15)23(26)30/h1-13H,14H2,(H2,26,30)(H2,28,29,31). The van der Waals surface area contributed by atoms with Crippen molar-refractivity contribution in [2.45, 2.75) is 6.61 Å². The van der Waals surface area contributed by atoms with Crippen LogP contribution in [0.5, 0.6) is 5.75 Å². The highest BCUT2D eigenvalue weighted by Gasteiger charge is 2.08. The van der Waals surface area contributed by atoms with Crippen LogP contribution in [-0.4, -0.2) is 16.9 Å². The van der Waals surface area contributed by atoms with Gasteiger partial charge in [0.2, 0.25) is 0 Å². The Hall–Kier alpha value is -4.10. The minimum Gasteiger partial charge on any atom is -0.489 e. The number of pyridine rings is 1. The predicted octanol–water partition coefficient (Wildman–Crippen LogP) is 5.21. The summed E-state index contributed by atoms with van der Waals surface area (Å²) in [6, 6.07) is 21.1. The van der Waals surface area contributed by atoms with E-state index in [4.69, 9.17) is 22.1 Å². The van der Waals surface area contributed by atoms with Gasteiger partial charge in [0.15, 0.2) is 0 Å². The van der Waals surface area contributed by atoms with E-state index in [0.717, 1.165) is 16.3 Å². The average Bonchev–Trinajstić information content (AvgIpc) is 2.79. The number of halogens is 1. The predicted molar refractivity (Wildman–Crippen MR) is 125 cm³/mol. The molecular weight excluding hydrogens is 428 g/mol. The molecule has 0 aliphatic carbocycles. The highest BCUT2D eigenvalue weighted by Crippen LogP contribution is 2.28. The third kappa shape index (κ3) is 5.14. The zero-order chi connectivity index (χ0) is 22.5. The fraction of sp³-hybridized carbons (Fsp3) is 0.0417. The van der Waals surface area contributed by atoms with Crippen LogP contribution in [0.15, 0.2) is 79.0 Å². The number of carbonyl (C=O) groups is 2. The van der Waals surface area contributed by atoms with Crippen LogP contribution in [0, 0.1) is 0 Å². The molecule has 32 heavy (non-hydrogen) atoms. The Morgan fingerprint density at radius 3 is 2.56 bits per heavy atom. The van der Waals surface area contributed by atoms with Crippen LogP contribution in [0.1, 0.15) is 16.1 Å². The van der Waals surface area contributed by atoms with Gasteiger partial charge in [0.1, 0.15) is 18.1 Å². The molecule has 7 nitrogen and oxygen atoms in total. The van der Waals surface area contributed by atoms with E-state index >= 15 is 0 Å². The van der Waals surface area contributed by atoms with Crippen LogP contribution in [0.25, 0.3) is 10.8 Å². The van der Waals surface area contributed by atoms with Gasteiger partial charge in [-0.1, -0.05) is 23.7 Å². The number of urea groups is 1. The van der Waals surface area contributed by atoms with Gasteiger partial charge >= 0.3 is 6.03 Å². The number of amides is 3. The first kappa shape index (κ1) is 21.1. The second-order valence-electron chi connectivity index (χ2n) is 6.98. The Morgan fingerprint density at radius 2 is 1.78 bits per heavy atom. The number of hydrogen-bond donors (Lipinski definition) is 3. The molecule has 1 heterocycles. The number of aromatic nitrogens is 1. The number of carbonyl (C=O) groups excluding carboxylic acids is 2. The Labute approximate surface area is 189 Å². The number of ether oxygens (including phenoxy) is 1. The number of nitrogens with one attached hydrogen (secondary N) is 2. The second-order valence-corrected chi connectivity index (χ2v) is 7.41. The maximum Gasteiger partial charge on any atom is 0.323 e. The highest BCUT2D eigenvalue weighted by atomic mass is 35.5. The minimum atomic E-state index is -0.585. The quantitative estimate of drug-likeness (QED) is 0.378. The molecule has 1 aromatic heterocycles. The minimum absolute atomic E-state index is 0.192. The third-order valence-corrected chi connectivity index (χ3v) is 4.94. The molecule has 0 spiro atoms.